The molecule has 1 aromatic carbocycles. The lowest BCUT2D eigenvalue weighted by molar-refractivity contribution is 0.469. The second-order valence-electron chi connectivity index (χ2n) is 4.64. The molecular formula is C15H8ClFN4OS. The summed E-state index contributed by atoms with van der Waals surface area (Å²) in [7, 11) is 0. The molecule has 0 saturated heterocycles. The quantitative estimate of drug-likeness (QED) is 0.550. The van der Waals surface area contributed by atoms with Crippen LogP contribution in [0.1, 0.15) is 0 Å². The third kappa shape index (κ3) is 2.76. The molecule has 0 aliphatic carbocycles. The van der Waals surface area contributed by atoms with Crippen molar-refractivity contribution in [1.82, 2.24) is 19.6 Å². The second-order valence-corrected chi connectivity index (χ2v) is 5.97. The zero-order valence-corrected chi connectivity index (χ0v) is 13.1. The molecule has 0 aliphatic rings. The topological polar surface area (TPSA) is 52.3 Å². The van der Waals surface area contributed by atoms with E-state index in [2.05, 4.69) is 15.1 Å². The summed E-state index contributed by atoms with van der Waals surface area (Å²) in [5.74, 6) is -0.0741. The normalized spacial score (nSPS) is 11.0. The van der Waals surface area contributed by atoms with Crippen LogP contribution in [0.25, 0.3) is 16.2 Å². The molecule has 23 heavy (non-hydrogen) atoms. The average molecular weight is 347 g/mol. The van der Waals surface area contributed by atoms with Gasteiger partial charge in [-0.1, -0.05) is 11.6 Å². The number of aromatic nitrogens is 4. The Morgan fingerprint density at radius 1 is 1.26 bits per heavy atom. The molecule has 0 atom stereocenters. The van der Waals surface area contributed by atoms with Crippen molar-refractivity contribution < 1.29 is 9.13 Å². The molecule has 0 unspecified atom stereocenters. The molecule has 0 N–H and O–H groups in total. The van der Waals surface area contributed by atoms with Gasteiger partial charge in [0.2, 0.25) is 4.96 Å². The molecule has 4 rings (SSSR count). The zero-order chi connectivity index (χ0) is 15.8. The molecule has 0 amide bonds. The number of benzene rings is 1. The van der Waals surface area contributed by atoms with Gasteiger partial charge >= 0.3 is 0 Å². The first kappa shape index (κ1) is 14.1. The standard InChI is InChI=1S/C15H8ClFN4OS/c16-11-6-10(3-4-12(11)17)22-15-20-21-8-13(19-14(21)23-15)9-2-1-5-18-7-9/h1-8H. The number of halogens is 2. The van der Waals surface area contributed by atoms with Crippen molar-refractivity contribution in [2.24, 2.45) is 0 Å². The highest BCUT2D eigenvalue weighted by atomic mass is 35.5. The largest absolute Gasteiger partial charge is 0.430 e. The van der Waals surface area contributed by atoms with Crippen LogP contribution < -0.4 is 4.74 Å². The van der Waals surface area contributed by atoms with E-state index >= 15 is 0 Å². The summed E-state index contributed by atoms with van der Waals surface area (Å²) in [6.07, 6.45) is 5.25. The second kappa shape index (κ2) is 5.60. The minimum Gasteiger partial charge on any atom is -0.430 e. The van der Waals surface area contributed by atoms with Gasteiger partial charge in [0, 0.05) is 24.0 Å². The first-order chi connectivity index (χ1) is 11.2. The smallest absolute Gasteiger partial charge is 0.299 e. The molecular weight excluding hydrogens is 339 g/mol. The Morgan fingerprint density at radius 3 is 2.91 bits per heavy atom. The van der Waals surface area contributed by atoms with E-state index in [0.717, 1.165) is 11.3 Å². The molecule has 3 heterocycles. The average Bonchev–Trinajstić information content (AvgIpc) is 3.10. The first-order valence-electron chi connectivity index (χ1n) is 6.58. The maximum atomic E-state index is 13.1. The molecule has 5 nitrogen and oxygen atoms in total. The Bertz CT molecular complexity index is 954. The summed E-state index contributed by atoms with van der Waals surface area (Å²) >= 11 is 7.01. The van der Waals surface area contributed by atoms with Crippen LogP contribution in [0.15, 0.2) is 48.9 Å². The molecule has 0 bridgehead atoms. The van der Waals surface area contributed by atoms with Crippen molar-refractivity contribution >= 4 is 27.9 Å². The van der Waals surface area contributed by atoms with E-state index in [4.69, 9.17) is 16.3 Å². The van der Waals surface area contributed by atoms with E-state index in [1.54, 1.807) is 23.1 Å². The van der Waals surface area contributed by atoms with Gasteiger partial charge in [-0.15, -0.1) is 5.10 Å². The van der Waals surface area contributed by atoms with Gasteiger partial charge in [0.25, 0.3) is 5.19 Å². The van der Waals surface area contributed by atoms with Crippen LogP contribution in [0, 0.1) is 5.82 Å². The van der Waals surface area contributed by atoms with Gasteiger partial charge in [-0.3, -0.25) is 4.98 Å². The lowest BCUT2D eigenvalue weighted by Gasteiger charge is -2.01. The van der Waals surface area contributed by atoms with Crippen molar-refractivity contribution in [1.29, 1.82) is 0 Å². The summed E-state index contributed by atoms with van der Waals surface area (Å²) in [5, 5.41) is 4.70. The van der Waals surface area contributed by atoms with Crippen molar-refractivity contribution in [2.75, 3.05) is 0 Å². The van der Waals surface area contributed by atoms with E-state index in [0.29, 0.717) is 15.9 Å². The minimum atomic E-state index is -0.492. The predicted molar refractivity (Wildman–Crippen MR) is 85.6 cm³/mol. The fourth-order valence-corrected chi connectivity index (χ4v) is 2.94. The molecule has 0 spiro atoms. The number of nitrogens with zero attached hydrogens (tertiary/aromatic N) is 4. The van der Waals surface area contributed by atoms with E-state index in [-0.39, 0.29) is 5.02 Å². The molecule has 0 saturated carbocycles. The molecule has 3 aromatic heterocycles. The lowest BCUT2D eigenvalue weighted by Crippen LogP contribution is -1.87. The van der Waals surface area contributed by atoms with Crippen molar-refractivity contribution in [3.63, 3.8) is 0 Å². The van der Waals surface area contributed by atoms with Gasteiger partial charge in [-0.2, -0.15) is 0 Å². The molecule has 114 valence electrons. The SMILES string of the molecule is Fc1ccc(Oc2nn3cc(-c4cccnc4)nc3s2)cc1Cl. The Morgan fingerprint density at radius 2 is 2.17 bits per heavy atom. The first-order valence-corrected chi connectivity index (χ1v) is 7.78. The van der Waals surface area contributed by atoms with Gasteiger partial charge < -0.3 is 4.74 Å². The van der Waals surface area contributed by atoms with Crippen molar-refractivity contribution in [3.8, 4) is 22.2 Å². The van der Waals surface area contributed by atoms with E-state index < -0.39 is 5.82 Å². The number of pyridine rings is 1. The number of rotatable bonds is 3. The molecule has 0 fully saturated rings. The van der Waals surface area contributed by atoms with Gasteiger partial charge in [0.15, 0.2) is 0 Å². The third-order valence-electron chi connectivity index (χ3n) is 3.08. The zero-order valence-electron chi connectivity index (χ0n) is 11.5. The lowest BCUT2D eigenvalue weighted by atomic mass is 10.2. The Kier molecular flexibility index (Phi) is 3.44. The van der Waals surface area contributed by atoms with E-state index in [9.17, 15) is 4.39 Å². The van der Waals surface area contributed by atoms with E-state index in [1.165, 1.54) is 29.5 Å². The summed E-state index contributed by atoms with van der Waals surface area (Å²) in [6.45, 7) is 0. The van der Waals surface area contributed by atoms with E-state index in [1.807, 2.05) is 12.1 Å². The number of hydrogen-bond acceptors (Lipinski definition) is 5. The van der Waals surface area contributed by atoms with Crippen LogP contribution in [-0.4, -0.2) is 19.6 Å². The predicted octanol–water partition coefficient (Wildman–Crippen LogP) is 4.44. The molecule has 4 aromatic rings. The fourth-order valence-electron chi connectivity index (χ4n) is 2.02. The number of ether oxygens (including phenoxy) is 1. The maximum absolute atomic E-state index is 13.1. The van der Waals surface area contributed by atoms with Crippen LogP contribution in [-0.2, 0) is 0 Å². The van der Waals surface area contributed by atoms with Crippen molar-refractivity contribution in [3.05, 3.63) is 59.8 Å². The highest BCUT2D eigenvalue weighted by Crippen LogP contribution is 2.30. The monoisotopic (exact) mass is 346 g/mol. The van der Waals surface area contributed by atoms with Crippen LogP contribution in [0.5, 0.6) is 10.9 Å². The van der Waals surface area contributed by atoms with Crippen LogP contribution in [0.4, 0.5) is 4.39 Å². The number of imidazole rings is 1. The van der Waals surface area contributed by atoms with Gasteiger partial charge in [0.1, 0.15) is 11.6 Å². The van der Waals surface area contributed by atoms with Crippen LogP contribution in [0.3, 0.4) is 0 Å². The minimum absolute atomic E-state index is 0.00250. The number of fused-ring (bicyclic) bond motifs is 1. The summed E-state index contributed by atoms with van der Waals surface area (Å²) < 4.78 is 20.4. The Labute approximate surface area is 139 Å². The highest BCUT2D eigenvalue weighted by Gasteiger charge is 2.12. The number of hydrogen-bond donors (Lipinski definition) is 0. The van der Waals surface area contributed by atoms with Gasteiger partial charge in [-0.05, 0) is 35.6 Å². The molecule has 8 heteroatoms. The molecule has 0 radical (unpaired) electrons. The summed E-state index contributed by atoms with van der Waals surface area (Å²) in [6, 6.07) is 7.92. The molecule has 0 aliphatic heterocycles. The fraction of sp³-hybridized carbons (Fsp3) is 0. The van der Waals surface area contributed by atoms with Crippen molar-refractivity contribution in [2.45, 2.75) is 0 Å². The van der Waals surface area contributed by atoms with Crippen LogP contribution in [0.2, 0.25) is 5.02 Å². The Hall–Kier alpha value is -2.51. The Balaban J connectivity index is 1.62. The summed E-state index contributed by atoms with van der Waals surface area (Å²) in [5.41, 5.74) is 1.70. The maximum Gasteiger partial charge on any atom is 0.299 e. The van der Waals surface area contributed by atoms with Gasteiger partial charge in [0.05, 0.1) is 16.9 Å². The highest BCUT2D eigenvalue weighted by molar-refractivity contribution is 7.18. The summed E-state index contributed by atoms with van der Waals surface area (Å²) in [4.78, 5) is 9.25. The third-order valence-corrected chi connectivity index (χ3v) is 4.17. The van der Waals surface area contributed by atoms with Gasteiger partial charge in [-0.25, -0.2) is 13.9 Å². The van der Waals surface area contributed by atoms with Crippen LogP contribution >= 0.6 is 22.9 Å².